The molecule has 4 rings (SSSR count). The quantitative estimate of drug-likeness (QED) is 0.241. The minimum Gasteiger partial charge on any atom is -0.0609 e. The van der Waals surface area contributed by atoms with Gasteiger partial charge in [-0.1, -0.05) is 48.5 Å². The summed E-state index contributed by atoms with van der Waals surface area (Å²) in [5.74, 6) is 0. The minimum absolute atomic E-state index is 1.30. The average molecular weight is 507 g/mol. The molecule has 0 saturated carbocycles. The predicted molar refractivity (Wildman–Crippen MR) is 138 cm³/mol. The van der Waals surface area contributed by atoms with Gasteiger partial charge in [-0.2, -0.15) is 0 Å². The van der Waals surface area contributed by atoms with Crippen LogP contribution in [0.4, 0.5) is 0 Å². The Labute approximate surface area is 188 Å². The smallest absolute Gasteiger partial charge is 0.0609 e. The molecule has 0 aromatic heterocycles. The van der Waals surface area contributed by atoms with Crippen LogP contribution in [0.3, 0.4) is 0 Å². The van der Waals surface area contributed by atoms with Crippen molar-refractivity contribution < 1.29 is 0 Å². The Kier molecular flexibility index (Phi) is 5.90. The van der Waals surface area contributed by atoms with Crippen LogP contribution in [-0.4, -0.2) is 0 Å². The van der Waals surface area contributed by atoms with Crippen LogP contribution in [0, 0.1) is 24.3 Å². The Hall–Kier alpha value is -1.96. The van der Waals surface area contributed by atoms with E-state index in [1.807, 2.05) is 0 Å². The first-order valence-corrected chi connectivity index (χ1v) is 12.7. The highest BCUT2D eigenvalue weighted by molar-refractivity contribution is 14.1. The van der Waals surface area contributed by atoms with Gasteiger partial charge in [-0.05, 0) is 109 Å². The fourth-order valence-corrected chi connectivity index (χ4v) is 10.1. The van der Waals surface area contributed by atoms with Crippen molar-refractivity contribution in [2.24, 2.45) is 0 Å². The first kappa shape index (κ1) is 20.3. The maximum absolute atomic E-state index is 2.52. The number of halogens is 1. The maximum Gasteiger partial charge on any atom is 0.145 e. The standard InChI is InChI=1S/C27H25IP/c1-20-9-6-12-23(17-20)29(24-13-7-10-21(2)18-24,25-14-8-11-22(3)19-25)27-16-5-4-15-26(27)28/h4-19H,1-3H3/q+1. The molecule has 0 aliphatic rings. The Morgan fingerprint density at radius 3 is 1.31 bits per heavy atom. The lowest BCUT2D eigenvalue weighted by Crippen LogP contribution is -2.40. The highest BCUT2D eigenvalue weighted by Crippen LogP contribution is 2.55. The summed E-state index contributed by atoms with van der Waals surface area (Å²) in [5, 5.41) is 5.68. The van der Waals surface area contributed by atoms with E-state index in [2.05, 4.69) is 140 Å². The normalized spacial score (nSPS) is 11.4. The summed E-state index contributed by atoms with van der Waals surface area (Å²) in [4.78, 5) is 0. The Morgan fingerprint density at radius 2 is 0.931 bits per heavy atom. The monoisotopic (exact) mass is 507 g/mol. The Morgan fingerprint density at radius 1 is 0.517 bits per heavy atom. The van der Waals surface area contributed by atoms with Gasteiger partial charge in [0.2, 0.25) is 0 Å². The van der Waals surface area contributed by atoms with Crippen LogP contribution < -0.4 is 21.2 Å². The van der Waals surface area contributed by atoms with E-state index in [0.29, 0.717) is 0 Å². The number of rotatable bonds is 4. The van der Waals surface area contributed by atoms with E-state index in [1.165, 1.54) is 41.5 Å². The summed E-state index contributed by atoms with van der Waals surface area (Å²) < 4.78 is 1.32. The topological polar surface area (TPSA) is 0 Å². The van der Waals surface area contributed by atoms with Gasteiger partial charge in [0.1, 0.15) is 28.5 Å². The highest BCUT2D eigenvalue weighted by atomic mass is 127. The van der Waals surface area contributed by atoms with Crippen LogP contribution in [0.1, 0.15) is 16.7 Å². The molecule has 2 heteroatoms. The molecule has 144 valence electrons. The molecule has 4 aromatic rings. The summed E-state index contributed by atoms with van der Waals surface area (Å²) >= 11 is 2.52. The van der Waals surface area contributed by atoms with Gasteiger partial charge in [-0.15, -0.1) is 0 Å². The van der Waals surface area contributed by atoms with Crippen LogP contribution >= 0.6 is 29.9 Å². The van der Waals surface area contributed by atoms with E-state index >= 15 is 0 Å². The van der Waals surface area contributed by atoms with Crippen LogP contribution in [0.25, 0.3) is 0 Å². The van der Waals surface area contributed by atoms with Gasteiger partial charge in [-0.3, -0.25) is 0 Å². The van der Waals surface area contributed by atoms with Crippen molar-refractivity contribution in [2.45, 2.75) is 20.8 Å². The summed E-state index contributed by atoms with van der Waals surface area (Å²) in [6, 6.07) is 36.3. The SMILES string of the molecule is Cc1cccc([P+](c2cccc(C)c2)(c2cccc(C)c2)c2ccccc2I)c1. The minimum atomic E-state index is -2.03. The van der Waals surface area contributed by atoms with Crippen molar-refractivity contribution in [1.82, 2.24) is 0 Å². The molecule has 29 heavy (non-hydrogen) atoms. The highest BCUT2D eigenvalue weighted by Gasteiger charge is 2.49. The van der Waals surface area contributed by atoms with Crippen LogP contribution in [0.5, 0.6) is 0 Å². The van der Waals surface area contributed by atoms with Crippen molar-refractivity contribution in [1.29, 1.82) is 0 Å². The van der Waals surface area contributed by atoms with Gasteiger partial charge >= 0.3 is 0 Å². The Balaban J connectivity index is 2.21. The lowest BCUT2D eigenvalue weighted by Gasteiger charge is -2.29. The summed E-state index contributed by atoms with van der Waals surface area (Å²) in [6.45, 7) is 6.59. The first-order valence-electron chi connectivity index (χ1n) is 9.87. The molecule has 0 N–H and O–H groups in total. The molecule has 0 bridgehead atoms. The molecule has 0 aliphatic heterocycles. The van der Waals surface area contributed by atoms with Crippen molar-refractivity contribution in [3.63, 3.8) is 0 Å². The second-order valence-corrected chi connectivity index (χ2v) is 12.2. The van der Waals surface area contributed by atoms with E-state index in [9.17, 15) is 0 Å². The second kappa shape index (κ2) is 8.42. The third kappa shape index (κ3) is 3.79. The fraction of sp³-hybridized carbons (Fsp3) is 0.111. The average Bonchev–Trinajstić information content (AvgIpc) is 2.70. The largest absolute Gasteiger partial charge is 0.145 e. The number of benzene rings is 4. The van der Waals surface area contributed by atoms with Gasteiger partial charge in [0.05, 0.1) is 3.57 Å². The molecule has 0 heterocycles. The fourth-order valence-electron chi connectivity index (χ4n) is 4.10. The van der Waals surface area contributed by atoms with Crippen LogP contribution in [0.2, 0.25) is 0 Å². The third-order valence-electron chi connectivity index (χ3n) is 5.38. The van der Waals surface area contributed by atoms with Crippen molar-refractivity contribution >= 4 is 51.1 Å². The maximum atomic E-state index is 2.52. The first-order chi connectivity index (χ1) is 14.0. The van der Waals surface area contributed by atoms with Crippen molar-refractivity contribution in [3.8, 4) is 0 Å². The molecule has 0 atom stereocenters. The summed E-state index contributed by atoms with van der Waals surface area (Å²) in [5.41, 5.74) is 3.91. The summed E-state index contributed by atoms with van der Waals surface area (Å²) in [6.07, 6.45) is 0. The zero-order valence-electron chi connectivity index (χ0n) is 17.1. The summed E-state index contributed by atoms with van der Waals surface area (Å²) in [7, 11) is -2.03. The van der Waals surface area contributed by atoms with Crippen LogP contribution in [0.15, 0.2) is 97.1 Å². The number of aryl methyl sites for hydroxylation is 3. The van der Waals surface area contributed by atoms with E-state index in [4.69, 9.17) is 0 Å². The molecule has 0 saturated heterocycles. The predicted octanol–water partition coefficient (Wildman–Crippen LogP) is 5.84. The molecule has 0 aliphatic carbocycles. The molecule has 0 radical (unpaired) electrons. The molecule has 0 nitrogen and oxygen atoms in total. The van der Waals surface area contributed by atoms with Crippen LogP contribution in [-0.2, 0) is 0 Å². The lowest BCUT2D eigenvalue weighted by atomic mass is 10.2. The van der Waals surface area contributed by atoms with Crippen molar-refractivity contribution in [3.05, 3.63) is 117 Å². The van der Waals surface area contributed by atoms with Gasteiger partial charge in [0.25, 0.3) is 0 Å². The second-order valence-electron chi connectivity index (χ2n) is 7.64. The van der Waals surface area contributed by atoms with E-state index in [0.717, 1.165) is 0 Å². The third-order valence-corrected chi connectivity index (χ3v) is 11.0. The lowest BCUT2D eigenvalue weighted by molar-refractivity contribution is 1.48. The van der Waals surface area contributed by atoms with Gasteiger partial charge in [-0.25, -0.2) is 0 Å². The number of hydrogen-bond acceptors (Lipinski definition) is 0. The zero-order chi connectivity index (χ0) is 20.4. The molecule has 0 amide bonds. The van der Waals surface area contributed by atoms with Gasteiger partial charge in [0, 0.05) is 0 Å². The van der Waals surface area contributed by atoms with Gasteiger partial charge in [0.15, 0.2) is 0 Å². The van der Waals surface area contributed by atoms with E-state index in [-0.39, 0.29) is 0 Å². The molecular formula is C27H25IP+. The van der Waals surface area contributed by atoms with E-state index < -0.39 is 7.26 Å². The van der Waals surface area contributed by atoms with E-state index in [1.54, 1.807) is 0 Å². The zero-order valence-corrected chi connectivity index (χ0v) is 20.1. The molecule has 4 aromatic carbocycles. The molecular weight excluding hydrogens is 482 g/mol. The molecule has 0 unspecified atom stereocenters. The van der Waals surface area contributed by atoms with Gasteiger partial charge < -0.3 is 0 Å². The molecule has 0 spiro atoms. The molecule has 0 fully saturated rings. The number of hydrogen-bond donors (Lipinski definition) is 0. The Bertz CT molecular complexity index is 1050. The van der Waals surface area contributed by atoms with Crippen molar-refractivity contribution in [2.75, 3.05) is 0 Å².